The summed E-state index contributed by atoms with van der Waals surface area (Å²) in [4.78, 5) is 3.80. The van der Waals surface area contributed by atoms with Crippen LogP contribution in [-0.2, 0) is 17.8 Å². The summed E-state index contributed by atoms with van der Waals surface area (Å²) in [7, 11) is 0. The zero-order valence-electron chi connectivity index (χ0n) is 12.6. The van der Waals surface area contributed by atoms with Crippen molar-refractivity contribution >= 4 is 11.3 Å². The first-order chi connectivity index (χ1) is 10.9. The Morgan fingerprint density at radius 1 is 1.32 bits per heavy atom. The summed E-state index contributed by atoms with van der Waals surface area (Å²) < 4.78 is 7.83. The van der Waals surface area contributed by atoms with Crippen molar-refractivity contribution in [3.63, 3.8) is 0 Å². The van der Waals surface area contributed by atoms with Crippen LogP contribution >= 0.6 is 11.3 Å². The lowest BCUT2D eigenvalue weighted by Crippen LogP contribution is -2.32. The van der Waals surface area contributed by atoms with Crippen molar-refractivity contribution in [1.82, 2.24) is 25.1 Å². The molecule has 0 bridgehead atoms. The van der Waals surface area contributed by atoms with Gasteiger partial charge in [0, 0.05) is 24.6 Å². The molecule has 1 unspecified atom stereocenters. The zero-order chi connectivity index (χ0) is 14.8. The molecule has 2 aromatic heterocycles. The van der Waals surface area contributed by atoms with Gasteiger partial charge in [0.1, 0.15) is 0 Å². The van der Waals surface area contributed by atoms with E-state index in [-0.39, 0.29) is 0 Å². The fraction of sp³-hybridized carbons (Fsp3) is 0.667. The quantitative estimate of drug-likeness (QED) is 0.783. The van der Waals surface area contributed by atoms with E-state index < -0.39 is 0 Å². The average Bonchev–Trinajstić information content (AvgIpc) is 2.97. The minimum absolute atomic E-state index is 0.352. The maximum atomic E-state index is 5.82. The van der Waals surface area contributed by atoms with Crippen molar-refractivity contribution < 1.29 is 4.74 Å². The highest BCUT2D eigenvalue weighted by atomic mass is 32.1. The number of tetrazole rings is 1. The van der Waals surface area contributed by atoms with Crippen LogP contribution in [0.5, 0.6) is 0 Å². The van der Waals surface area contributed by atoms with Crippen LogP contribution in [0, 0.1) is 0 Å². The molecule has 3 heterocycles. The molecule has 1 aliphatic heterocycles. The number of ether oxygens (including phenoxy) is 1. The Morgan fingerprint density at radius 3 is 3.00 bits per heavy atom. The summed E-state index contributed by atoms with van der Waals surface area (Å²) in [6.07, 6.45) is 5.10. The van der Waals surface area contributed by atoms with E-state index in [0.29, 0.717) is 12.1 Å². The molecule has 7 heteroatoms. The molecule has 2 fully saturated rings. The van der Waals surface area contributed by atoms with Gasteiger partial charge in [-0.05, 0) is 47.6 Å². The maximum Gasteiger partial charge on any atom is 0.165 e. The molecule has 1 aliphatic carbocycles. The van der Waals surface area contributed by atoms with E-state index >= 15 is 0 Å². The van der Waals surface area contributed by atoms with Crippen molar-refractivity contribution in [3.8, 4) is 0 Å². The molecule has 0 aromatic carbocycles. The van der Waals surface area contributed by atoms with E-state index in [4.69, 9.17) is 4.74 Å². The summed E-state index contributed by atoms with van der Waals surface area (Å²) in [5, 5.41) is 14.4. The highest BCUT2D eigenvalue weighted by molar-refractivity contribution is 7.09. The van der Waals surface area contributed by atoms with Crippen LogP contribution in [-0.4, -0.2) is 44.4 Å². The molecular weight excluding hydrogens is 298 g/mol. The van der Waals surface area contributed by atoms with E-state index in [1.807, 2.05) is 4.68 Å². The predicted octanol–water partition coefficient (Wildman–Crippen LogP) is 2.25. The number of hydrogen-bond acceptors (Lipinski definition) is 6. The molecular formula is C15H21N5OS. The summed E-state index contributed by atoms with van der Waals surface area (Å²) in [6.45, 7) is 3.59. The molecule has 2 aliphatic rings. The van der Waals surface area contributed by atoms with Crippen molar-refractivity contribution in [2.45, 2.75) is 50.9 Å². The Kier molecular flexibility index (Phi) is 4.18. The van der Waals surface area contributed by atoms with Gasteiger partial charge in [0.05, 0.1) is 18.7 Å². The van der Waals surface area contributed by atoms with Gasteiger partial charge in [-0.3, -0.25) is 4.90 Å². The van der Waals surface area contributed by atoms with Crippen LogP contribution in [0.25, 0.3) is 0 Å². The first kappa shape index (κ1) is 14.3. The first-order valence-electron chi connectivity index (χ1n) is 8.01. The molecule has 0 spiro atoms. The largest absolute Gasteiger partial charge is 0.377 e. The lowest BCUT2D eigenvalue weighted by Gasteiger charge is -2.24. The van der Waals surface area contributed by atoms with Gasteiger partial charge in [0.2, 0.25) is 0 Å². The molecule has 4 rings (SSSR count). The molecule has 6 nitrogen and oxygen atoms in total. The van der Waals surface area contributed by atoms with Crippen LogP contribution in [0.15, 0.2) is 17.5 Å². The molecule has 1 saturated heterocycles. The third kappa shape index (κ3) is 3.37. The lowest BCUT2D eigenvalue weighted by molar-refractivity contribution is 0.0668. The minimum Gasteiger partial charge on any atom is -0.377 e. The Balaban J connectivity index is 1.46. The number of hydrogen-bond donors (Lipinski definition) is 0. The Morgan fingerprint density at radius 2 is 2.27 bits per heavy atom. The smallest absolute Gasteiger partial charge is 0.165 e. The van der Waals surface area contributed by atoms with Gasteiger partial charge in [-0.1, -0.05) is 6.07 Å². The van der Waals surface area contributed by atoms with Crippen LogP contribution < -0.4 is 0 Å². The van der Waals surface area contributed by atoms with E-state index in [1.165, 1.54) is 24.1 Å². The van der Waals surface area contributed by atoms with Gasteiger partial charge >= 0.3 is 0 Å². The Labute approximate surface area is 134 Å². The minimum atomic E-state index is 0.352. The maximum absolute atomic E-state index is 5.82. The molecule has 2 aromatic rings. The van der Waals surface area contributed by atoms with Crippen LogP contribution in [0.3, 0.4) is 0 Å². The summed E-state index contributed by atoms with van der Waals surface area (Å²) in [6, 6.07) is 4.83. The molecule has 0 amide bonds. The molecule has 0 radical (unpaired) electrons. The Hall–Kier alpha value is -1.31. The van der Waals surface area contributed by atoms with Gasteiger partial charge in [-0.15, -0.1) is 16.4 Å². The van der Waals surface area contributed by atoms with Gasteiger partial charge in [-0.2, -0.15) is 0 Å². The van der Waals surface area contributed by atoms with Gasteiger partial charge in [-0.25, -0.2) is 4.68 Å². The van der Waals surface area contributed by atoms with Crippen LogP contribution in [0.4, 0.5) is 0 Å². The second-order valence-electron chi connectivity index (χ2n) is 6.15. The monoisotopic (exact) mass is 319 g/mol. The molecule has 1 saturated carbocycles. The zero-order valence-corrected chi connectivity index (χ0v) is 13.4. The first-order valence-corrected chi connectivity index (χ1v) is 8.89. The fourth-order valence-electron chi connectivity index (χ4n) is 3.00. The van der Waals surface area contributed by atoms with Crippen molar-refractivity contribution in [2.75, 3.05) is 13.2 Å². The lowest BCUT2D eigenvalue weighted by atomic mass is 10.2. The van der Waals surface area contributed by atoms with Gasteiger partial charge < -0.3 is 4.74 Å². The Bertz CT molecular complexity index is 589. The number of thiophene rings is 1. The number of rotatable bonds is 7. The second-order valence-corrected chi connectivity index (χ2v) is 7.19. The van der Waals surface area contributed by atoms with E-state index in [2.05, 4.69) is 37.9 Å². The average molecular weight is 319 g/mol. The fourth-order valence-corrected chi connectivity index (χ4v) is 3.75. The summed E-state index contributed by atoms with van der Waals surface area (Å²) >= 11 is 1.80. The van der Waals surface area contributed by atoms with Crippen molar-refractivity contribution in [3.05, 3.63) is 28.2 Å². The molecule has 22 heavy (non-hydrogen) atoms. The standard InChI is InChI=1S/C15H21N5OS/c1-3-13(21-7-1)9-19(10-14-4-2-8-22-14)11-15-16-17-18-20(15)12-5-6-12/h2,4,8,12-13H,1,3,5-7,9-11H2. The summed E-state index contributed by atoms with van der Waals surface area (Å²) in [5.41, 5.74) is 0. The highest BCUT2D eigenvalue weighted by Gasteiger charge is 2.29. The molecule has 1 atom stereocenters. The normalized spacial score (nSPS) is 21.8. The van der Waals surface area contributed by atoms with Gasteiger partial charge in [0.25, 0.3) is 0 Å². The van der Waals surface area contributed by atoms with E-state index in [0.717, 1.165) is 38.5 Å². The topological polar surface area (TPSA) is 56.1 Å². The van der Waals surface area contributed by atoms with Crippen LogP contribution in [0.2, 0.25) is 0 Å². The SMILES string of the molecule is c1csc(CN(Cc2nnnn2C2CC2)CC2CCCO2)c1. The number of nitrogens with zero attached hydrogens (tertiary/aromatic N) is 5. The van der Waals surface area contributed by atoms with Gasteiger partial charge in [0.15, 0.2) is 5.82 Å². The molecule has 118 valence electrons. The second kappa shape index (κ2) is 6.44. The predicted molar refractivity (Wildman–Crippen MR) is 83.5 cm³/mol. The van der Waals surface area contributed by atoms with E-state index in [1.54, 1.807) is 11.3 Å². The van der Waals surface area contributed by atoms with Crippen LogP contribution in [0.1, 0.15) is 42.4 Å². The molecule has 0 N–H and O–H groups in total. The van der Waals surface area contributed by atoms with E-state index in [9.17, 15) is 0 Å². The number of aromatic nitrogens is 4. The third-order valence-corrected chi connectivity index (χ3v) is 5.13. The highest BCUT2D eigenvalue weighted by Crippen LogP contribution is 2.34. The third-order valence-electron chi connectivity index (χ3n) is 4.26. The summed E-state index contributed by atoms with van der Waals surface area (Å²) in [5.74, 6) is 0.983. The van der Waals surface area contributed by atoms with Crippen molar-refractivity contribution in [2.24, 2.45) is 0 Å². The van der Waals surface area contributed by atoms with Crippen molar-refractivity contribution in [1.29, 1.82) is 0 Å².